The van der Waals surface area contributed by atoms with Crippen molar-refractivity contribution in [2.45, 2.75) is 13.8 Å². The van der Waals surface area contributed by atoms with Crippen LogP contribution in [0.15, 0.2) is 36.4 Å². The third-order valence-corrected chi connectivity index (χ3v) is 2.92. The van der Waals surface area contributed by atoms with E-state index in [0.29, 0.717) is 17.2 Å². The minimum absolute atomic E-state index is 0.602. The molecule has 0 amide bonds. The fourth-order valence-electron chi connectivity index (χ4n) is 1.67. The van der Waals surface area contributed by atoms with Crippen molar-refractivity contribution in [3.05, 3.63) is 47.5 Å². The van der Waals surface area contributed by atoms with E-state index in [4.69, 9.17) is 15.2 Å². The lowest BCUT2D eigenvalue weighted by molar-refractivity contribution is 0.411. The smallest absolute Gasteiger partial charge is 0.145 e. The van der Waals surface area contributed by atoms with E-state index in [1.165, 1.54) is 11.1 Å². The molecule has 0 fully saturated rings. The Kier molecular flexibility index (Phi) is 3.42. The highest BCUT2D eigenvalue weighted by atomic mass is 16.5. The molecule has 0 heterocycles. The van der Waals surface area contributed by atoms with Gasteiger partial charge >= 0.3 is 0 Å². The van der Waals surface area contributed by atoms with E-state index in [2.05, 4.69) is 13.8 Å². The number of rotatable bonds is 3. The average molecular weight is 243 g/mol. The molecule has 0 saturated carbocycles. The summed E-state index contributed by atoms with van der Waals surface area (Å²) in [6.07, 6.45) is 0. The van der Waals surface area contributed by atoms with Crippen molar-refractivity contribution >= 4 is 5.69 Å². The van der Waals surface area contributed by atoms with Crippen LogP contribution in [0.25, 0.3) is 0 Å². The Bertz CT molecular complexity index is 564. The van der Waals surface area contributed by atoms with Gasteiger partial charge in [0, 0.05) is 6.07 Å². The zero-order valence-corrected chi connectivity index (χ0v) is 10.9. The van der Waals surface area contributed by atoms with Crippen LogP contribution in [-0.2, 0) is 0 Å². The summed E-state index contributed by atoms with van der Waals surface area (Å²) in [5.41, 5.74) is 8.81. The Balaban J connectivity index is 2.25. The summed E-state index contributed by atoms with van der Waals surface area (Å²) in [7, 11) is 1.59. The number of hydrogen-bond acceptors (Lipinski definition) is 3. The molecule has 0 aromatic heterocycles. The Morgan fingerprint density at radius 2 is 1.56 bits per heavy atom. The number of nitrogens with two attached hydrogens (primary N) is 1. The molecule has 2 rings (SSSR count). The van der Waals surface area contributed by atoms with Crippen LogP contribution in [0.3, 0.4) is 0 Å². The summed E-state index contributed by atoms with van der Waals surface area (Å²) < 4.78 is 10.9. The topological polar surface area (TPSA) is 44.5 Å². The third-order valence-electron chi connectivity index (χ3n) is 2.92. The number of benzene rings is 2. The fourth-order valence-corrected chi connectivity index (χ4v) is 1.67. The van der Waals surface area contributed by atoms with Gasteiger partial charge in [-0.1, -0.05) is 6.07 Å². The molecule has 0 saturated heterocycles. The highest BCUT2D eigenvalue weighted by molar-refractivity contribution is 5.56. The number of hydrogen-bond donors (Lipinski definition) is 1. The SMILES string of the molecule is COc1cc(Oc2ccc(C)c(C)c2)ccc1N. The van der Waals surface area contributed by atoms with Gasteiger partial charge in [-0.25, -0.2) is 0 Å². The molecule has 0 unspecified atom stereocenters. The molecule has 0 atom stereocenters. The van der Waals surface area contributed by atoms with E-state index < -0.39 is 0 Å². The van der Waals surface area contributed by atoms with Gasteiger partial charge in [0.2, 0.25) is 0 Å². The Morgan fingerprint density at radius 3 is 2.22 bits per heavy atom. The second-order valence-electron chi connectivity index (χ2n) is 4.25. The van der Waals surface area contributed by atoms with E-state index in [1.807, 2.05) is 24.3 Å². The van der Waals surface area contributed by atoms with E-state index in [-0.39, 0.29) is 0 Å². The molecule has 0 aliphatic rings. The predicted octanol–water partition coefficient (Wildman–Crippen LogP) is 3.69. The van der Waals surface area contributed by atoms with Crippen LogP contribution in [0.4, 0.5) is 5.69 Å². The number of methoxy groups -OCH3 is 1. The molecule has 0 radical (unpaired) electrons. The lowest BCUT2D eigenvalue weighted by Gasteiger charge is -2.10. The first kappa shape index (κ1) is 12.3. The minimum atomic E-state index is 0.602. The Morgan fingerprint density at radius 1 is 0.889 bits per heavy atom. The van der Waals surface area contributed by atoms with Crippen molar-refractivity contribution in [2.75, 3.05) is 12.8 Å². The van der Waals surface area contributed by atoms with Gasteiger partial charge in [0.05, 0.1) is 12.8 Å². The monoisotopic (exact) mass is 243 g/mol. The molecule has 0 bridgehead atoms. The van der Waals surface area contributed by atoms with Crippen LogP contribution in [0.5, 0.6) is 17.2 Å². The van der Waals surface area contributed by atoms with Gasteiger partial charge in [-0.15, -0.1) is 0 Å². The fraction of sp³-hybridized carbons (Fsp3) is 0.200. The molecule has 2 N–H and O–H groups in total. The van der Waals surface area contributed by atoms with Gasteiger partial charge in [0.1, 0.15) is 17.2 Å². The van der Waals surface area contributed by atoms with E-state index in [9.17, 15) is 0 Å². The molecular weight excluding hydrogens is 226 g/mol. The van der Waals surface area contributed by atoms with Gasteiger partial charge in [-0.05, 0) is 49.2 Å². The number of aryl methyl sites for hydroxylation is 2. The van der Waals surface area contributed by atoms with Gasteiger partial charge in [-0.2, -0.15) is 0 Å². The maximum absolute atomic E-state index is 5.78. The normalized spacial score (nSPS) is 10.2. The van der Waals surface area contributed by atoms with Crippen molar-refractivity contribution in [1.29, 1.82) is 0 Å². The van der Waals surface area contributed by atoms with Crippen molar-refractivity contribution in [3.63, 3.8) is 0 Å². The summed E-state index contributed by atoms with van der Waals surface area (Å²) >= 11 is 0. The Labute approximate surface area is 107 Å². The van der Waals surface area contributed by atoms with Crippen LogP contribution >= 0.6 is 0 Å². The van der Waals surface area contributed by atoms with Crippen LogP contribution in [-0.4, -0.2) is 7.11 Å². The molecule has 3 nitrogen and oxygen atoms in total. The predicted molar refractivity (Wildman–Crippen MR) is 73.4 cm³/mol. The first-order valence-electron chi connectivity index (χ1n) is 5.79. The standard InChI is InChI=1S/C15H17NO2/c1-10-4-5-12(8-11(10)2)18-13-6-7-14(16)15(9-13)17-3/h4-9H,16H2,1-3H3. The Hall–Kier alpha value is -2.16. The van der Waals surface area contributed by atoms with Gasteiger partial charge in [0.15, 0.2) is 0 Å². The molecule has 2 aromatic rings. The van der Waals surface area contributed by atoms with Crippen LogP contribution in [0.1, 0.15) is 11.1 Å². The molecule has 0 spiro atoms. The van der Waals surface area contributed by atoms with Crippen LogP contribution < -0.4 is 15.2 Å². The van der Waals surface area contributed by atoms with E-state index in [1.54, 1.807) is 19.2 Å². The second-order valence-corrected chi connectivity index (χ2v) is 4.25. The van der Waals surface area contributed by atoms with E-state index >= 15 is 0 Å². The largest absolute Gasteiger partial charge is 0.494 e. The number of ether oxygens (including phenoxy) is 2. The highest BCUT2D eigenvalue weighted by Crippen LogP contribution is 2.30. The van der Waals surface area contributed by atoms with Gasteiger partial charge < -0.3 is 15.2 Å². The summed E-state index contributed by atoms with van der Waals surface area (Å²) in [6.45, 7) is 4.14. The minimum Gasteiger partial charge on any atom is -0.494 e. The van der Waals surface area contributed by atoms with Gasteiger partial charge in [-0.3, -0.25) is 0 Å². The second kappa shape index (κ2) is 5.00. The highest BCUT2D eigenvalue weighted by Gasteiger charge is 2.04. The lowest BCUT2D eigenvalue weighted by Crippen LogP contribution is -1.93. The maximum atomic E-state index is 5.78. The van der Waals surface area contributed by atoms with Crippen molar-refractivity contribution in [2.24, 2.45) is 0 Å². The first-order valence-corrected chi connectivity index (χ1v) is 5.79. The first-order chi connectivity index (χ1) is 8.60. The molecule has 94 valence electrons. The van der Waals surface area contributed by atoms with Crippen LogP contribution in [0.2, 0.25) is 0 Å². The van der Waals surface area contributed by atoms with Crippen LogP contribution in [0, 0.1) is 13.8 Å². The summed E-state index contributed by atoms with van der Waals surface area (Å²) in [5, 5.41) is 0. The summed E-state index contributed by atoms with van der Waals surface area (Å²) in [5.74, 6) is 2.14. The molecule has 0 aliphatic carbocycles. The maximum Gasteiger partial charge on any atom is 0.145 e. The molecule has 0 aliphatic heterocycles. The summed E-state index contributed by atoms with van der Waals surface area (Å²) in [6, 6.07) is 11.4. The molecular formula is C15H17NO2. The van der Waals surface area contributed by atoms with Gasteiger partial charge in [0.25, 0.3) is 0 Å². The van der Waals surface area contributed by atoms with Crippen molar-refractivity contribution in [1.82, 2.24) is 0 Å². The number of nitrogen functional groups attached to an aromatic ring is 1. The zero-order valence-electron chi connectivity index (χ0n) is 10.9. The number of anilines is 1. The zero-order chi connectivity index (χ0) is 13.1. The molecule has 2 aromatic carbocycles. The van der Waals surface area contributed by atoms with E-state index in [0.717, 1.165) is 5.75 Å². The van der Waals surface area contributed by atoms with Crippen molar-refractivity contribution < 1.29 is 9.47 Å². The average Bonchev–Trinajstić information content (AvgIpc) is 2.36. The quantitative estimate of drug-likeness (QED) is 0.836. The molecule has 3 heteroatoms. The van der Waals surface area contributed by atoms with Crippen molar-refractivity contribution in [3.8, 4) is 17.2 Å². The summed E-state index contributed by atoms with van der Waals surface area (Å²) in [4.78, 5) is 0. The lowest BCUT2D eigenvalue weighted by atomic mass is 10.1. The molecule has 18 heavy (non-hydrogen) atoms. The third kappa shape index (κ3) is 2.56.